The average molecular weight is 1310 g/mol. The van der Waals surface area contributed by atoms with Crippen molar-refractivity contribution in [2.45, 2.75) is 279 Å². The molecule has 6 N–H and O–H groups in total. The lowest BCUT2D eigenvalue weighted by Gasteiger charge is -2.60. The zero-order chi connectivity index (χ0) is 68.1. The Labute approximate surface area is 566 Å². The van der Waals surface area contributed by atoms with Crippen molar-refractivity contribution >= 4 is 40.5 Å². The standard InChI is InChI=1S/C21H30O5.C21H30O4.C21H30O2.C19H28O2/c1-19-7-5-13(23)9-12(19)3-4-14-15-6-8-21(26,17(25)11-22)20(15,2)10-16(24)18(14)19;1-20-8-7-13(23)9-12(20)3-4-14-15-5-6-16(18(25)11-22)21(15,2)10-17(24)19(14)20;1-13(22)17-6-7-18-16-5-4-14-12-15(23)8-10-20(14,2)19(16)9-11-21(17,18)3;1-18-9-7-13(20)11-12(18)3-4-14-15-5-6-17(21)19(15,2)10-8-16(14)18/h9,14-16,18,22,24,26H,3-8,10-11H2,1-2H3;9,14-17,19,22,24H,3-8,10-11H2,1-2H3;12,16-19H,4-11H2,1-3H3;11,14-17,21H,3-10H2,1-2H3/t14-,15-,16-,18+,19-,20-,21-;14-,15-,16+,17-,19+,20-,21-;16-,17+,18-,19-,20-,21+;14-,15-,16-,17-,18-,19-/m0000/s1. The van der Waals surface area contributed by atoms with Crippen LogP contribution in [0.2, 0.25) is 0 Å². The normalized spacial score (nSPS) is 50.2. The highest BCUT2D eigenvalue weighted by molar-refractivity contribution is 5.93. The summed E-state index contributed by atoms with van der Waals surface area (Å²) in [5, 5.41) is 62.7. The maximum absolute atomic E-state index is 12.4. The number of fused-ring (bicyclic) bond motifs is 20. The van der Waals surface area contributed by atoms with E-state index in [1.54, 1.807) is 13.0 Å². The zero-order valence-electron chi connectivity index (χ0n) is 59.3. The minimum atomic E-state index is -1.54. The first-order chi connectivity index (χ1) is 44.8. The van der Waals surface area contributed by atoms with Gasteiger partial charge in [-0.25, -0.2) is 0 Å². The van der Waals surface area contributed by atoms with Gasteiger partial charge in [-0.3, -0.25) is 33.6 Å². The number of hydrogen-bond acceptors (Lipinski definition) is 13. The molecule has 0 heterocycles. The van der Waals surface area contributed by atoms with Gasteiger partial charge in [-0.2, -0.15) is 0 Å². The molecule has 0 aliphatic heterocycles. The SMILES string of the molecule is CC(=O)[C@H]1CC[C@H]2[C@@H]3CCC4=CC(=O)CC[C@]4(C)[C@H]3CC[C@]12C.C[C@]12CCC(=O)C=C1CC[C@@H]1[C@@H]2[C@@H](O)C[C@@]2(C)[C@H]1CC[C@]2(O)C(=O)CO.C[C@]12CC[C@H]3[C@@H](CCC4=CC(=O)CC[C@@]43C)[C@@H]1CC[C@@H]2O.C[C@]12C[C@H](O)[C@H]3[C@@H](CCC4=CC(=O)CC[C@@]43C)[C@@H]1CC[C@@H]2C(=O)CO. The zero-order valence-corrected chi connectivity index (χ0v) is 59.3. The van der Waals surface area contributed by atoms with Crippen LogP contribution >= 0.6 is 0 Å². The van der Waals surface area contributed by atoms with Crippen molar-refractivity contribution in [2.24, 2.45) is 126 Å². The molecular weight excluding hydrogens is 1190 g/mol. The number of hydrogen-bond donors (Lipinski definition) is 6. The highest BCUT2D eigenvalue weighted by Crippen LogP contribution is 2.72. The maximum Gasteiger partial charge on any atom is 0.190 e. The monoisotopic (exact) mass is 1310 g/mol. The van der Waals surface area contributed by atoms with Crippen molar-refractivity contribution in [3.05, 3.63) is 46.6 Å². The molecule has 12 saturated carbocycles. The second kappa shape index (κ2) is 24.9. The lowest BCUT2D eigenvalue weighted by atomic mass is 9.45. The van der Waals surface area contributed by atoms with Crippen LogP contribution in [0.4, 0.5) is 0 Å². The number of rotatable bonds is 5. The summed E-state index contributed by atoms with van der Waals surface area (Å²) in [5.74, 6) is 7.12. The summed E-state index contributed by atoms with van der Waals surface area (Å²) in [6.45, 7) is 18.9. The lowest BCUT2D eigenvalue weighted by molar-refractivity contribution is -0.182. The first kappa shape index (κ1) is 69.9. The Morgan fingerprint density at radius 3 is 1.26 bits per heavy atom. The van der Waals surface area contributed by atoms with E-state index in [2.05, 4.69) is 48.5 Å². The van der Waals surface area contributed by atoms with Gasteiger partial charge in [0.1, 0.15) is 24.6 Å². The van der Waals surface area contributed by atoms with E-state index in [-0.39, 0.29) is 97.6 Å². The minimum Gasteiger partial charge on any atom is -0.393 e. The van der Waals surface area contributed by atoms with E-state index < -0.39 is 35.6 Å². The second-order valence-electron chi connectivity index (χ2n) is 36.8. The molecule has 13 heteroatoms. The largest absolute Gasteiger partial charge is 0.393 e. The summed E-state index contributed by atoms with van der Waals surface area (Å²) in [6, 6.07) is 0. The summed E-state index contributed by atoms with van der Waals surface area (Å²) >= 11 is 0. The third-order valence-electron chi connectivity index (χ3n) is 33.5. The van der Waals surface area contributed by atoms with Crippen LogP contribution in [0.5, 0.6) is 0 Å². The molecule has 0 unspecified atom stereocenters. The van der Waals surface area contributed by atoms with Crippen molar-refractivity contribution in [3.8, 4) is 0 Å². The number of carbonyl (C=O) groups is 7. The van der Waals surface area contributed by atoms with E-state index in [4.69, 9.17) is 0 Å². The van der Waals surface area contributed by atoms with Crippen molar-refractivity contribution in [3.63, 3.8) is 0 Å². The molecule has 95 heavy (non-hydrogen) atoms. The van der Waals surface area contributed by atoms with Gasteiger partial charge < -0.3 is 30.6 Å². The molecule has 0 spiro atoms. The molecule has 16 aliphatic rings. The Morgan fingerprint density at radius 1 is 0.400 bits per heavy atom. The predicted molar refractivity (Wildman–Crippen MR) is 362 cm³/mol. The smallest absolute Gasteiger partial charge is 0.190 e. The first-order valence-electron chi connectivity index (χ1n) is 38.3. The van der Waals surface area contributed by atoms with Crippen molar-refractivity contribution in [2.75, 3.05) is 13.2 Å². The Kier molecular flexibility index (Phi) is 18.3. The predicted octanol–water partition coefficient (Wildman–Crippen LogP) is 13.1. The molecule has 13 nitrogen and oxygen atoms in total. The van der Waals surface area contributed by atoms with E-state index in [0.717, 1.165) is 139 Å². The Morgan fingerprint density at radius 2 is 0.789 bits per heavy atom. The van der Waals surface area contributed by atoms with Crippen LogP contribution < -0.4 is 0 Å². The van der Waals surface area contributed by atoms with Crippen LogP contribution in [0.3, 0.4) is 0 Å². The molecule has 12 fully saturated rings. The van der Waals surface area contributed by atoms with Gasteiger partial charge in [-0.1, -0.05) is 77.7 Å². The van der Waals surface area contributed by atoms with Crippen molar-refractivity contribution in [1.82, 2.24) is 0 Å². The number of carbonyl (C=O) groups excluding carboxylic acids is 7. The fourth-order valence-electron chi connectivity index (χ4n) is 28.4. The van der Waals surface area contributed by atoms with E-state index in [1.807, 2.05) is 25.2 Å². The van der Waals surface area contributed by atoms with E-state index in [1.165, 1.54) is 73.7 Å². The van der Waals surface area contributed by atoms with Crippen molar-refractivity contribution < 1.29 is 64.2 Å². The van der Waals surface area contributed by atoms with Crippen LogP contribution in [-0.2, 0) is 33.6 Å². The minimum absolute atomic E-state index is 0.0541. The fourth-order valence-corrected chi connectivity index (χ4v) is 28.4. The summed E-state index contributed by atoms with van der Waals surface area (Å²) < 4.78 is 0. The van der Waals surface area contributed by atoms with Gasteiger partial charge in [-0.15, -0.1) is 0 Å². The number of ketones is 7. The second-order valence-corrected chi connectivity index (χ2v) is 36.8. The van der Waals surface area contributed by atoms with E-state index in [9.17, 15) is 64.2 Å². The molecule has 0 radical (unpaired) electrons. The molecule has 16 aliphatic carbocycles. The topological polar surface area (TPSA) is 241 Å². The van der Waals surface area contributed by atoms with Crippen LogP contribution in [0.15, 0.2) is 46.6 Å². The molecular formula is C82H118O13. The molecule has 524 valence electrons. The summed E-state index contributed by atoms with van der Waals surface area (Å²) in [5.41, 5.74) is 3.58. The number of allylic oxidation sites excluding steroid dienone is 4. The highest BCUT2D eigenvalue weighted by Gasteiger charge is 2.69. The van der Waals surface area contributed by atoms with E-state index >= 15 is 0 Å². The Bertz CT molecular complexity index is 3260. The van der Waals surface area contributed by atoms with Gasteiger partial charge in [0.25, 0.3) is 0 Å². The summed E-state index contributed by atoms with van der Waals surface area (Å²) in [6.07, 6.45) is 34.7. The molecule has 0 saturated heterocycles. The lowest BCUT2D eigenvalue weighted by Crippen LogP contribution is -2.62. The molecule has 0 aromatic rings. The number of aliphatic hydroxyl groups excluding tert-OH is 5. The third-order valence-corrected chi connectivity index (χ3v) is 33.5. The Hall–Kier alpha value is -3.59. The van der Waals surface area contributed by atoms with Gasteiger partial charge in [0.05, 0.1) is 18.3 Å². The molecule has 0 aromatic carbocycles. The van der Waals surface area contributed by atoms with Gasteiger partial charge in [0, 0.05) is 42.9 Å². The fraction of sp³-hybridized carbons (Fsp3) is 0.817. The van der Waals surface area contributed by atoms with Crippen molar-refractivity contribution in [1.29, 1.82) is 0 Å². The molecule has 0 aromatic heterocycles. The van der Waals surface area contributed by atoms with Gasteiger partial charge in [-0.05, 0) is 307 Å². The molecule has 16 rings (SSSR count). The highest BCUT2D eigenvalue weighted by atomic mass is 16.3. The Balaban J connectivity index is 0.000000115. The average Bonchev–Trinajstić information content (AvgIpc) is 1.67. The van der Waals surface area contributed by atoms with Crippen LogP contribution in [-0.4, -0.2) is 108 Å². The first-order valence-corrected chi connectivity index (χ1v) is 38.3. The van der Waals surface area contributed by atoms with Crippen LogP contribution in [0.1, 0.15) is 255 Å². The van der Waals surface area contributed by atoms with Crippen LogP contribution in [0.25, 0.3) is 0 Å². The molecule has 0 bridgehead atoms. The molecule has 0 amide bonds. The summed E-state index contributed by atoms with van der Waals surface area (Å²) in [7, 11) is 0. The van der Waals surface area contributed by atoms with Crippen LogP contribution in [0, 0.1) is 126 Å². The number of aliphatic hydroxyl groups is 6. The third kappa shape index (κ3) is 10.7. The van der Waals surface area contributed by atoms with Gasteiger partial charge in [0.2, 0.25) is 0 Å². The van der Waals surface area contributed by atoms with E-state index in [0.29, 0.717) is 73.1 Å². The maximum atomic E-state index is 12.4. The molecule has 26 atom stereocenters. The summed E-state index contributed by atoms with van der Waals surface area (Å²) in [4.78, 5) is 84.2. The number of Topliss-reactive ketones (excluding diaryl/α,β-unsaturated/α-hetero) is 3. The van der Waals surface area contributed by atoms with Gasteiger partial charge >= 0.3 is 0 Å². The van der Waals surface area contributed by atoms with Gasteiger partial charge in [0.15, 0.2) is 34.7 Å². The quantitative estimate of drug-likeness (QED) is 0.150.